The molecule has 4 aromatic rings. The molecule has 0 radical (unpaired) electrons. The fourth-order valence-electron chi connectivity index (χ4n) is 5.62. The lowest BCUT2D eigenvalue weighted by Crippen LogP contribution is -2.34. The highest BCUT2D eigenvalue weighted by Gasteiger charge is 2.29. The molecule has 13 heteroatoms. The topological polar surface area (TPSA) is 142 Å². The normalized spacial score (nSPS) is 15.0. The first-order chi connectivity index (χ1) is 22.6. The number of aromatic nitrogens is 1. The van der Waals surface area contributed by atoms with Crippen molar-refractivity contribution in [2.75, 3.05) is 55.9 Å². The molecule has 1 saturated heterocycles. The van der Waals surface area contributed by atoms with Crippen LogP contribution in [0.2, 0.25) is 0 Å². The van der Waals surface area contributed by atoms with E-state index in [0.29, 0.717) is 47.7 Å². The Labute approximate surface area is 281 Å². The first-order valence-electron chi connectivity index (χ1n) is 15.5. The van der Waals surface area contributed by atoms with Crippen LogP contribution in [-0.2, 0) is 15.4 Å². The van der Waals surface area contributed by atoms with E-state index in [1.165, 1.54) is 7.11 Å². The molecule has 0 bridgehead atoms. The maximum Gasteiger partial charge on any atom is 0.323 e. The van der Waals surface area contributed by atoms with E-state index >= 15 is 0 Å². The van der Waals surface area contributed by atoms with Crippen LogP contribution in [0.4, 0.5) is 21.9 Å². The van der Waals surface area contributed by atoms with Crippen molar-refractivity contribution in [2.24, 2.45) is 0 Å². The molecule has 3 aromatic carbocycles. The number of benzene rings is 3. The number of carbonyl (C=O) groups excluding carboxylic acids is 2. The average Bonchev–Trinajstić information content (AvgIpc) is 3.52. The monoisotopic (exact) mass is 674 g/mol. The van der Waals surface area contributed by atoms with Gasteiger partial charge >= 0.3 is 6.03 Å². The number of rotatable bonds is 9. The minimum Gasteiger partial charge on any atom is -0.492 e. The molecule has 1 aliphatic rings. The fraction of sp³-hybridized carbons (Fsp3) is 0.343. The summed E-state index contributed by atoms with van der Waals surface area (Å²) in [7, 11) is 1.81. The number of anilines is 3. The van der Waals surface area contributed by atoms with Crippen molar-refractivity contribution in [3.63, 3.8) is 0 Å². The van der Waals surface area contributed by atoms with Crippen LogP contribution in [0.3, 0.4) is 0 Å². The average molecular weight is 675 g/mol. The summed E-state index contributed by atoms with van der Waals surface area (Å²) < 4.78 is 38.5. The highest BCUT2D eigenvalue weighted by molar-refractivity contribution is 7.92. The number of nitrogens with zero attached hydrogens (tertiary/aromatic N) is 3. The number of carbonyl (C=O) groups is 2. The molecule has 0 unspecified atom stereocenters. The minimum atomic E-state index is -3.63. The standard InChI is InChI=1S/C35H42N6O6S/c1-35(2,3)22-18-28(32(46-6)29(19-22)39-48(7,44)45)38-34(43)37-27-12-13-31(26-11-9-8-10-25(26)27)47-24-14-16-36-30(20-24)33(42)41-17-15-23(21-41)40(4)5/h8-14,16,18-20,23,39H,15,17,21H2,1-7H3,(H2,37,38,43)/t23-/m1/s1. The Morgan fingerprint density at radius 1 is 0.958 bits per heavy atom. The molecule has 12 nitrogen and oxygen atoms in total. The first kappa shape index (κ1) is 34.5. The number of urea groups is 1. The first-order valence-corrected chi connectivity index (χ1v) is 17.4. The zero-order valence-corrected chi connectivity index (χ0v) is 29.1. The van der Waals surface area contributed by atoms with Crippen LogP contribution in [-0.4, -0.2) is 81.7 Å². The van der Waals surface area contributed by atoms with Crippen LogP contribution < -0.4 is 24.8 Å². The van der Waals surface area contributed by atoms with Crippen molar-refractivity contribution in [3.05, 3.63) is 78.1 Å². The Kier molecular flexibility index (Phi) is 9.83. The summed E-state index contributed by atoms with van der Waals surface area (Å²) in [5.74, 6) is 1.04. The number of hydrogen-bond acceptors (Lipinski definition) is 8. The molecule has 3 amide bonds. The lowest BCUT2D eigenvalue weighted by Gasteiger charge is -2.24. The highest BCUT2D eigenvalue weighted by atomic mass is 32.2. The van der Waals surface area contributed by atoms with Crippen LogP contribution in [0, 0.1) is 0 Å². The number of sulfonamides is 1. The summed E-state index contributed by atoms with van der Waals surface area (Å²) in [4.78, 5) is 34.9. The van der Waals surface area contributed by atoms with Crippen LogP contribution >= 0.6 is 0 Å². The van der Waals surface area contributed by atoms with Crippen molar-refractivity contribution >= 4 is 49.8 Å². The molecule has 254 valence electrons. The molecule has 1 atom stereocenters. The fourth-order valence-corrected chi connectivity index (χ4v) is 6.17. The van der Waals surface area contributed by atoms with Crippen LogP contribution in [0.25, 0.3) is 10.8 Å². The van der Waals surface area contributed by atoms with Gasteiger partial charge in [-0.05, 0) is 61.8 Å². The number of nitrogens with one attached hydrogen (secondary N) is 3. The SMILES string of the molecule is COc1c(NC(=O)Nc2ccc(Oc3ccnc(C(=O)N4CC[C@@H](N(C)C)C4)c3)c3ccccc23)cc(C(C)(C)C)cc1NS(C)(=O)=O. The summed E-state index contributed by atoms with van der Waals surface area (Å²) in [5, 5.41) is 7.19. The predicted octanol–water partition coefficient (Wildman–Crippen LogP) is 6.12. The van der Waals surface area contributed by atoms with E-state index in [1.54, 1.807) is 42.6 Å². The predicted molar refractivity (Wildman–Crippen MR) is 189 cm³/mol. The molecule has 3 N–H and O–H groups in total. The highest BCUT2D eigenvalue weighted by Crippen LogP contribution is 2.40. The Morgan fingerprint density at radius 3 is 2.29 bits per heavy atom. The summed E-state index contributed by atoms with van der Waals surface area (Å²) in [6.07, 6.45) is 3.53. The molecule has 0 aliphatic carbocycles. The van der Waals surface area contributed by atoms with E-state index in [9.17, 15) is 18.0 Å². The molecule has 1 aromatic heterocycles. The van der Waals surface area contributed by atoms with Crippen LogP contribution in [0.15, 0.2) is 66.9 Å². The number of methoxy groups -OCH3 is 1. The number of pyridine rings is 1. The minimum absolute atomic E-state index is 0.135. The molecule has 1 aliphatic heterocycles. The Bertz CT molecular complexity index is 1960. The van der Waals surface area contributed by atoms with E-state index in [1.807, 2.05) is 64.0 Å². The quantitative estimate of drug-likeness (QED) is 0.193. The van der Waals surface area contributed by atoms with Gasteiger partial charge in [-0.25, -0.2) is 13.2 Å². The second-order valence-electron chi connectivity index (χ2n) is 13.1. The summed E-state index contributed by atoms with van der Waals surface area (Å²) >= 11 is 0. The third kappa shape index (κ3) is 7.97. The molecular formula is C35H42N6O6S. The van der Waals surface area contributed by atoms with Gasteiger partial charge in [-0.15, -0.1) is 0 Å². The molecule has 1 fully saturated rings. The van der Waals surface area contributed by atoms with E-state index in [0.717, 1.165) is 29.0 Å². The van der Waals surface area contributed by atoms with Crippen molar-refractivity contribution in [3.8, 4) is 17.2 Å². The molecule has 0 spiro atoms. The number of hydrogen-bond donors (Lipinski definition) is 3. The number of fused-ring (bicyclic) bond motifs is 1. The molecule has 5 rings (SSSR count). The zero-order valence-electron chi connectivity index (χ0n) is 28.2. The van der Waals surface area contributed by atoms with E-state index < -0.39 is 16.1 Å². The zero-order chi connectivity index (χ0) is 34.8. The van der Waals surface area contributed by atoms with Crippen molar-refractivity contribution in [1.82, 2.24) is 14.8 Å². The van der Waals surface area contributed by atoms with Gasteiger partial charge in [0, 0.05) is 42.2 Å². The molecule has 2 heterocycles. The Morgan fingerprint density at radius 2 is 1.65 bits per heavy atom. The van der Waals surface area contributed by atoms with Crippen molar-refractivity contribution in [2.45, 2.75) is 38.6 Å². The van der Waals surface area contributed by atoms with Gasteiger partial charge in [0.05, 0.1) is 30.4 Å². The largest absolute Gasteiger partial charge is 0.492 e. The van der Waals surface area contributed by atoms with Crippen molar-refractivity contribution in [1.29, 1.82) is 0 Å². The molecular weight excluding hydrogens is 632 g/mol. The second-order valence-corrected chi connectivity index (χ2v) is 14.8. The summed E-state index contributed by atoms with van der Waals surface area (Å²) in [6.45, 7) is 7.28. The van der Waals surface area contributed by atoms with E-state index in [2.05, 4.69) is 25.2 Å². The molecule has 0 saturated carbocycles. The number of ether oxygens (including phenoxy) is 2. The van der Waals surface area contributed by atoms with Gasteiger partial charge in [-0.3, -0.25) is 14.5 Å². The lowest BCUT2D eigenvalue weighted by atomic mass is 9.86. The lowest BCUT2D eigenvalue weighted by molar-refractivity contribution is 0.0777. The van der Waals surface area contributed by atoms with Gasteiger partial charge in [0.2, 0.25) is 10.0 Å². The van der Waals surface area contributed by atoms with E-state index in [4.69, 9.17) is 9.47 Å². The van der Waals surface area contributed by atoms with Gasteiger partial charge in [0.1, 0.15) is 17.2 Å². The smallest absolute Gasteiger partial charge is 0.323 e. The number of amides is 3. The maximum absolute atomic E-state index is 13.4. The Hall–Kier alpha value is -4.88. The van der Waals surface area contributed by atoms with Gasteiger partial charge in [-0.2, -0.15) is 0 Å². The van der Waals surface area contributed by atoms with E-state index in [-0.39, 0.29) is 22.8 Å². The third-order valence-electron chi connectivity index (χ3n) is 8.19. The van der Waals surface area contributed by atoms with Crippen LogP contribution in [0.5, 0.6) is 17.2 Å². The maximum atomic E-state index is 13.4. The second kappa shape index (κ2) is 13.7. The van der Waals surface area contributed by atoms with Crippen LogP contribution in [0.1, 0.15) is 43.2 Å². The number of likely N-dealkylation sites (tertiary alicyclic amines) is 1. The Balaban J connectivity index is 1.38. The number of likely N-dealkylation sites (N-methyl/N-ethyl adjacent to an activating group) is 1. The van der Waals surface area contributed by atoms with Gasteiger partial charge in [-0.1, -0.05) is 45.0 Å². The summed E-state index contributed by atoms with van der Waals surface area (Å²) in [5.41, 5.74) is 1.78. The van der Waals surface area contributed by atoms with Gasteiger partial charge in [0.15, 0.2) is 5.75 Å². The molecule has 48 heavy (non-hydrogen) atoms. The van der Waals surface area contributed by atoms with Gasteiger partial charge < -0.3 is 29.9 Å². The van der Waals surface area contributed by atoms with Gasteiger partial charge in [0.25, 0.3) is 5.91 Å². The van der Waals surface area contributed by atoms with Crippen molar-refractivity contribution < 1.29 is 27.5 Å². The summed E-state index contributed by atoms with van der Waals surface area (Å²) in [6, 6.07) is 17.5. The third-order valence-corrected chi connectivity index (χ3v) is 8.78.